The minimum Gasteiger partial charge on any atom is -0.327 e. The van der Waals surface area contributed by atoms with Crippen molar-refractivity contribution in [3.8, 4) is 0 Å². The van der Waals surface area contributed by atoms with Crippen LogP contribution in [0.5, 0.6) is 0 Å². The number of piperidine rings is 1. The Balaban J connectivity index is 0. The molecule has 0 bridgehead atoms. The zero-order valence-electron chi connectivity index (χ0n) is 6.17. The third-order valence-corrected chi connectivity index (χ3v) is 1.85. The molecule has 0 saturated carbocycles. The van der Waals surface area contributed by atoms with Crippen LogP contribution in [0.25, 0.3) is 0 Å². The topological polar surface area (TPSA) is 38.0 Å². The number of hydrogen-bond acceptors (Lipinski definition) is 2. The van der Waals surface area contributed by atoms with E-state index < -0.39 is 0 Å². The van der Waals surface area contributed by atoms with E-state index >= 15 is 0 Å². The quantitative estimate of drug-likeness (QED) is 0.588. The first kappa shape index (κ1) is 13.1. The molecule has 0 radical (unpaired) electrons. The first-order valence-electron chi connectivity index (χ1n) is 3.27. The van der Waals surface area contributed by atoms with Crippen molar-refractivity contribution in [2.45, 2.75) is 19.4 Å². The SMILES string of the molecule is C[C@@H]1CNCC[C@H]1N.Cl.Cl. The van der Waals surface area contributed by atoms with Crippen LogP contribution in [-0.2, 0) is 0 Å². The van der Waals surface area contributed by atoms with Gasteiger partial charge in [0.2, 0.25) is 0 Å². The summed E-state index contributed by atoms with van der Waals surface area (Å²) < 4.78 is 0. The maximum Gasteiger partial charge on any atom is 0.00887 e. The Morgan fingerprint density at radius 3 is 2.30 bits per heavy atom. The summed E-state index contributed by atoms with van der Waals surface area (Å²) in [6.07, 6.45) is 1.14. The fourth-order valence-corrected chi connectivity index (χ4v) is 1.03. The van der Waals surface area contributed by atoms with Crippen LogP contribution >= 0.6 is 24.8 Å². The number of nitrogens with two attached hydrogens (primary N) is 1. The summed E-state index contributed by atoms with van der Waals surface area (Å²) in [5.41, 5.74) is 5.74. The second-order valence-electron chi connectivity index (χ2n) is 2.63. The largest absolute Gasteiger partial charge is 0.327 e. The molecule has 1 fully saturated rings. The number of rotatable bonds is 0. The van der Waals surface area contributed by atoms with E-state index in [9.17, 15) is 0 Å². The smallest absolute Gasteiger partial charge is 0.00887 e. The molecule has 4 heteroatoms. The maximum atomic E-state index is 5.74. The highest BCUT2D eigenvalue weighted by Crippen LogP contribution is 2.06. The van der Waals surface area contributed by atoms with Gasteiger partial charge in [-0.05, 0) is 25.4 Å². The molecule has 1 heterocycles. The van der Waals surface area contributed by atoms with Gasteiger partial charge >= 0.3 is 0 Å². The van der Waals surface area contributed by atoms with Gasteiger partial charge in [0.1, 0.15) is 0 Å². The van der Waals surface area contributed by atoms with E-state index in [0.29, 0.717) is 12.0 Å². The number of nitrogens with one attached hydrogen (secondary N) is 1. The van der Waals surface area contributed by atoms with Crippen LogP contribution in [0.1, 0.15) is 13.3 Å². The second-order valence-corrected chi connectivity index (χ2v) is 2.63. The highest BCUT2D eigenvalue weighted by Gasteiger charge is 2.15. The lowest BCUT2D eigenvalue weighted by Crippen LogP contribution is -2.43. The molecular weight excluding hydrogens is 171 g/mol. The van der Waals surface area contributed by atoms with E-state index in [2.05, 4.69) is 12.2 Å². The van der Waals surface area contributed by atoms with E-state index in [0.717, 1.165) is 19.5 Å². The number of hydrogen-bond donors (Lipinski definition) is 2. The summed E-state index contributed by atoms with van der Waals surface area (Å²) in [6, 6.07) is 0.441. The van der Waals surface area contributed by atoms with Crippen molar-refractivity contribution >= 4 is 24.8 Å². The lowest BCUT2D eigenvalue weighted by molar-refractivity contribution is 0.349. The van der Waals surface area contributed by atoms with Gasteiger partial charge in [-0.2, -0.15) is 0 Å². The second kappa shape index (κ2) is 6.23. The normalized spacial score (nSPS) is 31.8. The van der Waals surface area contributed by atoms with E-state index in [1.807, 2.05) is 0 Å². The fraction of sp³-hybridized carbons (Fsp3) is 1.00. The van der Waals surface area contributed by atoms with Crippen LogP contribution in [0, 0.1) is 5.92 Å². The van der Waals surface area contributed by atoms with Crippen molar-refractivity contribution in [2.24, 2.45) is 11.7 Å². The lowest BCUT2D eigenvalue weighted by Gasteiger charge is -2.25. The summed E-state index contributed by atoms with van der Waals surface area (Å²) in [5.74, 6) is 0.670. The zero-order valence-corrected chi connectivity index (χ0v) is 7.80. The Morgan fingerprint density at radius 2 is 2.00 bits per heavy atom. The summed E-state index contributed by atoms with van der Waals surface area (Å²) in [5, 5.41) is 3.28. The van der Waals surface area contributed by atoms with Crippen molar-refractivity contribution in [1.29, 1.82) is 0 Å². The molecule has 0 spiro atoms. The third kappa shape index (κ3) is 3.62. The van der Waals surface area contributed by atoms with Crippen molar-refractivity contribution in [3.63, 3.8) is 0 Å². The van der Waals surface area contributed by atoms with Gasteiger partial charge in [0.25, 0.3) is 0 Å². The fourth-order valence-electron chi connectivity index (χ4n) is 1.03. The van der Waals surface area contributed by atoms with Crippen LogP contribution in [0.4, 0.5) is 0 Å². The molecule has 3 N–H and O–H groups in total. The predicted octanol–water partition coefficient (Wildman–Crippen LogP) is 0.787. The minimum atomic E-state index is 0. The molecule has 2 nitrogen and oxygen atoms in total. The Labute approximate surface area is 74.8 Å². The van der Waals surface area contributed by atoms with Gasteiger partial charge < -0.3 is 11.1 Å². The van der Waals surface area contributed by atoms with E-state index in [1.54, 1.807) is 0 Å². The van der Waals surface area contributed by atoms with Gasteiger partial charge in [0.05, 0.1) is 0 Å². The highest BCUT2D eigenvalue weighted by atomic mass is 35.5. The highest BCUT2D eigenvalue weighted by molar-refractivity contribution is 5.85. The van der Waals surface area contributed by atoms with Gasteiger partial charge in [-0.3, -0.25) is 0 Å². The Kier molecular flexibility index (Phi) is 8.17. The molecule has 0 aromatic carbocycles. The van der Waals surface area contributed by atoms with E-state index in [-0.39, 0.29) is 24.8 Å². The molecule has 1 aliphatic heterocycles. The van der Waals surface area contributed by atoms with Gasteiger partial charge in [-0.15, -0.1) is 24.8 Å². The zero-order chi connectivity index (χ0) is 5.98. The molecule has 0 aromatic rings. The summed E-state index contributed by atoms with van der Waals surface area (Å²) >= 11 is 0. The molecular formula is C6H16Cl2N2. The van der Waals surface area contributed by atoms with E-state index in [4.69, 9.17) is 5.73 Å². The van der Waals surface area contributed by atoms with Crippen LogP contribution < -0.4 is 11.1 Å². The average Bonchev–Trinajstić information content (AvgIpc) is 1.77. The third-order valence-electron chi connectivity index (χ3n) is 1.85. The number of halogens is 2. The first-order chi connectivity index (χ1) is 3.80. The van der Waals surface area contributed by atoms with Crippen molar-refractivity contribution in [3.05, 3.63) is 0 Å². The van der Waals surface area contributed by atoms with Crippen molar-refractivity contribution < 1.29 is 0 Å². The Morgan fingerprint density at radius 1 is 1.40 bits per heavy atom. The molecule has 64 valence electrons. The van der Waals surface area contributed by atoms with Gasteiger partial charge in [-0.25, -0.2) is 0 Å². The van der Waals surface area contributed by atoms with Crippen LogP contribution in [-0.4, -0.2) is 19.1 Å². The average molecular weight is 187 g/mol. The molecule has 2 atom stereocenters. The monoisotopic (exact) mass is 186 g/mol. The van der Waals surface area contributed by atoms with Crippen LogP contribution in [0.15, 0.2) is 0 Å². The Bertz CT molecular complexity index is 70.1. The molecule has 1 aliphatic rings. The van der Waals surface area contributed by atoms with Crippen molar-refractivity contribution in [1.82, 2.24) is 5.32 Å². The molecule has 1 rings (SSSR count). The lowest BCUT2D eigenvalue weighted by atomic mass is 9.97. The Hall–Kier alpha value is 0.500. The molecule has 1 saturated heterocycles. The van der Waals surface area contributed by atoms with Crippen molar-refractivity contribution in [2.75, 3.05) is 13.1 Å². The van der Waals surface area contributed by atoms with Gasteiger partial charge in [0, 0.05) is 6.04 Å². The van der Waals surface area contributed by atoms with Crippen LogP contribution in [0.2, 0.25) is 0 Å². The summed E-state index contributed by atoms with van der Waals surface area (Å²) in [7, 11) is 0. The van der Waals surface area contributed by atoms with Gasteiger partial charge in [0.15, 0.2) is 0 Å². The van der Waals surface area contributed by atoms with E-state index in [1.165, 1.54) is 0 Å². The summed E-state index contributed by atoms with van der Waals surface area (Å²) in [6.45, 7) is 4.39. The van der Waals surface area contributed by atoms with Gasteiger partial charge in [-0.1, -0.05) is 6.92 Å². The standard InChI is InChI=1S/C6H14N2.2ClH/c1-5-4-8-3-2-6(5)7;;/h5-6,8H,2-4,7H2,1H3;2*1H/t5-,6-;;/m1../s1. The maximum absolute atomic E-state index is 5.74. The minimum absolute atomic E-state index is 0. The molecule has 0 unspecified atom stereocenters. The molecule has 0 amide bonds. The molecule has 0 aromatic heterocycles. The molecule has 0 aliphatic carbocycles. The molecule has 10 heavy (non-hydrogen) atoms. The predicted molar refractivity (Wildman–Crippen MR) is 49.1 cm³/mol. The summed E-state index contributed by atoms with van der Waals surface area (Å²) in [4.78, 5) is 0. The first-order valence-corrected chi connectivity index (χ1v) is 3.27. The van der Waals surface area contributed by atoms with Crippen LogP contribution in [0.3, 0.4) is 0 Å².